The van der Waals surface area contributed by atoms with E-state index in [9.17, 15) is 13.5 Å². The van der Waals surface area contributed by atoms with E-state index in [1.807, 2.05) is 6.92 Å². The minimum atomic E-state index is -3.81. The Labute approximate surface area is 77.1 Å². The molecule has 0 aliphatic carbocycles. The molecule has 0 radical (unpaired) electrons. The van der Waals surface area contributed by atoms with Crippen LogP contribution in [0.1, 0.15) is 12.5 Å². The maximum Gasteiger partial charge on any atom is 0.241 e. The Balaban J connectivity index is 3.29. The SMILES string of the molecule is CCc1ccc(S(N)(=O)=O)c(O)c1. The topological polar surface area (TPSA) is 80.4 Å². The molecule has 1 aromatic carbocycles. The molecule has 0 aliphatic rings. The van der Waals surface area contributed by atoms with Crippen LogP contribution < -0.4 is 5.14 Å². The maximum atomic E-state index is 10.9. The molecule has 0 amide bonds. The van der Waals surface area contributed by atoms with Crippen molar-refractivity contribution in [2.24, 2.45) is 5.14 Å². The predicted octanol–water partition coefficient (Wildman–Crippen LogP) is 0.602. The van der Waals surface area contributed by atoms with E-state index in [1.165, 1.54) is 12.1 Å². The second-order valence-electron chi connectivity index (χ2n) is 2.70. The molecule has 5 heteroatoms. The van der Waals surface area contributed by atoms with Crippen LogP contribution in [0, 0.1) is 0 Å². The Hall–Kier alpha value is -1.07. The highest BCUT2D eigenvalue weighted by Crippen LogP contribution is 2.22. The van der Waals surface area contributed by atoms with Crippen molar-refractivity contribution in [2.75, 3.05) is 0 Å². The fourth-order valence-corrected chi connectivity index (χ4v) is 1.63. The number of primary sulfonamides is 1. The molecule has 0 saturated carbocycles. The highest BCUT2D eigenvalue weighted by Gasteiger charge is 2.12. The third-order valence-electron chi connectivity index (χ3n) is 1.74. The summed E-state index contributed by atoms with van der Waals surface area (Å²) in [7, 11) is -3.81. The molecular weight excluding hydrogens is 190 g/mol. The predicted molar refractivity (Wildman–Crippen MR) is 48.9 cm³/mol. The van der Waals surface area contributed by atoms with Gasteiger partial charge in [0.05, 0.1) is 0 Å². The number of aryl methyl sites for hydroxylation is 1. The van der Waals surface area contributed by atoms with Gasteiger partial charge >= 0.3 is 0 Å². The number of sulfonamides is 1. The number of phenolic OH excluding ortho intramolecular Hbond substituents is 1. The third kappa shape index (κ3) is 2.19. The monoisotopic (exact) mass is 201 g/mol. The van der Waals surface area contributed by atoms with Gasteiger partial charge in [-0.15, -0.1) is 0 Å². The normalized spacial score (nSPS) is 11.5. The van der Waals surface area contributed by atoms with Crippen LogP contribution >= 0.6 is 0 Å². The van der Waals surface area contributed by atoms with Crippen molar-refractivity contribution in [3.63, 3.8) is 0 Å². The van der Waals surface area contributed by atoms with Crippen LogP contribution in [0.25, 0.3) is 0 Å². The van der Waals surface area contributed by atoms with Crippen LogP contribution in [-0.4, -0.2) is 13.5 Å². The summed E-state index contributed by atoms with van der Waals surface area (Å²) in [4.78, 5) is -0.232. The number of hydrogen-bond acceptors (Lipinski definition) is 3. The Morgan fingerprint density at radius 3 is 2.46 bits per heavy atom. The lowest BCUT2D eigenvalue weighted by Gasteiger charge is -2.03. The smallest absolute Gasteiger partial charge is 0.241 e. The second kappa shape index (κ2) is 3.35. The summed E-state index contributed by atoms with van der Waals surface area (Å²) in [6.45, 7) is 1.91. The van der Waals surface area contributed by atoms with Gasteiger partial charge in [-0.3, -0.25) is 0 Å². The van der Waals surface area contributed by atoms with Crippen LogP contribution in [-0.2, 0) is 16.4 Å². The summed E-state index contributed by atoms with van der Waals surface area (Å²) < 4.78 is 21.7. The van der Waals surface area contributed by atoms with Gasteiger partial charge in [0, 0.05) is 0 Å². The van der Waals surface area contributed by atoms with E-state index in [-0.39, 0.29) is 10.6 Å². The molecule has 0 unspecified atom stereocenters. The average molecular weight is 201 g/mol. The van der Waals surface area contributed by atoms with E-state index in [2.05, 4.69) is 0 Å². The lowest BCUT2D eigenvalue weighted by Crippen LogP contribution is -2.12. The second-order valence-corrected chi connectivity index (χ2v) is 4.23. The number of phenols is 1. The molecule has 0 atom stereocenters. The third-order valence-corrected chi connectivity index (χ3v) is 2.70. The van der Waals surface area contributed by atoms with Crippen LogP contribution in [0.15, 0.2) is 23.1 Å². The Kier molecular flexibility index (Phi) is 2.58. The molecule has 0 saturated heterocycles. The first-order chi connectivity index (χ1) is 5.95. The van der Waals surface area contributed by atoms with Gasteiger partial charge < -0.3 is 5.11 Å². The van der Waals surface area contributed by atoms with Gasteiger partial charge in [-0.1, -0.05) is 13.0 Å². The number of nitrogens with two attached hydrogens (primary N) is 1. The number of hydrogen-bond donors (Lipinski definition) is 2. The van der Waals surface area contributed by atoms with Crippen molar-refractivity contribution in [3.05, 3.63) is 23.8 Å². The van der Waals surface area contributed by atoms with Crippen LogP contribution in [0.3, 0.4) is 0 Å². The zero-order valence-electron chi connectivity index (χ0n) is 7.19. The van der Waals surface area contributed by atoms with E-state index in [0.717, 1.165) is 12.0 Å². The van der Waals surface area contributed by atoms with E-state index in [0.29, 0.717) is 0 Å². The highest BCUT2D eigenvalue weighted by atomic mass is 32.2. The largest absolute Gasteiger partial charge is 0.507 e. The molecule has 3 N–H and O–H groups in total. The molecule has 0 aromatic heterocycles. The Morgan fingerprint density at radius 1 is 1.46 bits per heavy atom. The first-order valence-electron chi connectivity index (χ1n) is 3.80. The minimum Gasteiger partial charge on any atom is -0.507 e. The van der Waals surface area contributed by atoms with E-state index >= 15 is 0 Å². The van der Waals surface area contributed by atoms with Gasteiger partial charge in [0.25, 0.3) is 0 Å². The molecule has 0 spiro atoms. The van der Waals surface area contributed by atoms with Crippen molar-refractivity contribution in [3.8, 4) is 5.75 Å². The van der Waals surface area contributed by atoms with Crippen molar-refractivity contribution in [2.45, 2.75) is 18.2 Å². The van der Waals surface area contributed by atoms with Gasteiger partial charge in [-0.05, 0) is 24.1 Å². The van der Waals surface area contributed by atoms with Gasteiger partial charge in [-0.2, -0.15) is 0 Å². The van der Waals surface area contributed by atoms with Gasteiger partial charge in [0.1, 0.15) is 10.6 Å². The van der Waals surface area contributed by atoms with E-state index in [4.69, 9.17) is 5.14 Å². The molecule has 4 nitrogen and oxygen atoms in total. The highest BCUT2D eigenvalue weighted by molar-refractivity contribution is 7.89. The Morgan fingerprint density at radius 2 is 2.08 bits per heavy atom. The van der Waals surface area contributed by atoms with Crippen molar-refractivity contribution >= 4 is 10.0 Å². The number of rotatable bonds is 2. The fourth-order valence-electron chi connectivity index (χ4n) is 1.02. The lowest BCUT2D eigenvalue weighted by molar-refractivity contribution is 0.458. The number of benzene rings is 1. The van der Waals surface area contributed by atoms with Crippen LogP contribution in [0.5, 0.6) is 5.75 Å². The van der Waals surface area contributed by atoms with Crippen LogP contribution in [0.4, 0.5) is 0 Å². The summed E-state index contributed by atoms with van der Waals surface area (Å²) in [5.41, 5.74) is 0.866. The standard InChI is InChI=1S/C8H11NO3S/c1-2-6-3-4-8(7(10)5-6)13(9,11)12/h3-5,10H,2H2,1H3,(H2,9,11,12). The zero-order chi connectivity index (χ0) is 10.1. The first-order valence-corrected chi connectivity index (χ1v) is 5.34. The molecule has 0 heterocycles. The van der Waals surface area contributed by atoms with Gasteiger partial charge in [0.2, 0.25) is 10.0 Å². The van der Waals surface area contributed by atoms with Gasteiger partial charge in [-0.25, -0.2) is 13.6 Å². The molecule has 72 valence electrons. The van der Waals surface area contributed by atoms with Crippen molar-refractivity contribution < 1.29 is 13.5 Å². The molecule has 1 aromatic rings. The number of aromatic hydroxyl groups is 1. The summed E-state index contributed by atoms with van der Waals surface area (Å²) in [5.74, 6) is -0.290. The molecule has 1 rings (SSSR count). The summed E-state index contributed by atoms with van der Waals surface area (Å²) >= 11 is 0. The summed E-state index contributed by atoms with van der Waals surface area (Å²) in [6.07, 6.45) is 0.735. The maximum absolute atomic E-state index is 10.9. The van der Waals surface area contributed by atoms with E-state index < -0.39 is 10.0 Å². The van der Waals surface area contributed by atoms with E-state index in [1.54, 1.807) is 6.07 Å². The first kappa shape index (κ1) is 10.0. The van der Waals surface area contributed by atoms with Crippen LogP contribution in [0.2, 0.25) is 0 Å². The molecule has 13 heavy (non-hydrogen) atoms. The van der Waals surface area contributed by atoms with Crippen molar-refractivity contribution in [1.29, 1.82) is 0 Å². The fraction of sp³-hybridized carbons (Fsp3) is 0.250. The molecule has 0 bridgehead atoms. The zero-order valence-corrected chi connectivity index (χ0v) is 8.00. The summed E-state index contributed by atoms with van der Waals surface area (Å²) in [6, 6.07) is 4.34. The molecule has 0 aliphatic heterocycles. The molecular formula is C8H11NO3S. The minimum absolute atomic E-state index is 0.232. The molecule has 0 fully saturated rings. The quantitative estimate of drug-likeness (QED) is 0.735. The summed E-state index contributed by atoms with van der Waals surface area (Å²) in [5, 5.41) is 14.2. The van der Waals surface area contributed by atoms with Gasteiger partial charge in [0.15, 0.2) is 0 Å². The Bertz CT molecular complexity index is 411. The lowest BCUT2D eigenvalue weighted by atomic mass is 10.2. The van der Waals surface area contributed by atoms with Crippen molar-refractivity contribution in [1.82, 2.24) is 0 Å². The average Bonchev–Trinajstić information content (AvgIpc) is 2.01.